The van der Waals surface area contributed by atoms with Crippen LogP contribution in [0.5, 0.6) is 0 Å². The van der Waals surface area contributed by atoms with Gasteiger partial charge in [0.15, 0.2) is 0 Å². The average molecular weight is 332 g/mol. The molecule has 0 saturated carbocycles. The summed E-state index contributed by atoms with van der Waals surface area (Å²) in [5, 5.41) is 8.57. The molecule has 3 aromatic rings. The third kappa shape index (κ3) is 5.16. The fraction of sp³-hybridized carbons (Fsp3) is 0.227. The molecule has 25 heavy (non-hydrogen) atoms. The molecule has 1 aliphatic rings. The molecule has 0 radical (unpaired) electrons. The Hall–Kier alpha value is -2.65. The van der Waals surface area contributed by atoms with Crippen molar-refractivity contribution in [3.8, 4) is 0 Å². The lowest BCUT2D eigenvalue weighted by molar-refractivity contribution is 0.0951. The number of fused-ring (bicyclic) bond motifs is 1. The summed E-state index contributed by atoms with van der Waals surface area (Å²) in [6.07, 6.45) is 2.78. The molecule has 3 aromatic carbocycles. The summed E-state index contributed by atoms with van der Waals surface area (Å²) in [6.45, 7) is 3.04. The van der Waals surface area contributed by atoms with Crippen molar-refractivity contribution in [2.45, 2.75) is 19.4 Å². The van der Waals surface area contributed by atoms with Gasteiger partial charge in [0.1, 0.15) is 0 Å². The highest BCUT2D eigenvalue weighted by molar-refractivity contribution is 5.94. The highest BCUT2D eigenvalue weighted by atomic mass is 16.1. The summed E-state index contributed by atoms with van der Waals surface area (Å²) < 4.78 is 0. The number of hydrogen-bond acceptors (Lipinski definition) is 2. The van der Waals surface area contributed by atoms with Crippen molar-refractivity contribution in [3.05, 3.63) is 83.9 Å². The number of nitrogens with one attached hydrogen (secondary N) is 2. The first-order chi connectivity index (χ1) is 12.3. The predicted molar refractivity (Wildman–Crippen MR) is 104 cm³/mol. The third-order valence-corrected chi connectivity index (χ3v) is 4.26. The summed E-state index contributed by atoms with van der Waals surface area (Å²) in [5.74, 6) is -0.0428. The second kappa shape index (κ2) is 9.00. The first-order valence-corrected chi connectivity index (χ1v) is 8.84. The fourth-order valence-corrected chi connectivity index (χ4v) is 2.85. The van der Waals surface area contributed by atoms with Crippen LogP contribution in [0.25, 0.3) is 10.8 Å². The maximum absolute atomic E-state index is 12.0. The van der Waals surface area contributed by atoms with Crippen LogP contribution in [0.3, 0.4) is 0 Å². The van der Waals surface area contributed by atoms with Crippen LogP contribution < -0.4 is 10.6 Å². The third-order valence-electron chi connectivity index (χ3n) is 4.26. The van der Waals surface area contributed by atoms with Crippen LogP contribution in [-0.2, 0) is 6.54 Å². The van der Waals surface area contributed by atoms with Gasteiger partial charge in [0.05, 0.1) is 0 Å². The number of carbonyl (C=O) groups is 1. The van der Waals surface area contributed by atoms with Gasteiger partial charge in [-0.25, -0.2) is 0 Å². The number of rotatable bonds is 3. The fourth-order valence-electron chi connectivity index (χ4n) is 2.85. The zero-order valence-corrected chi connectivity index (χ0v) is 14.4. The predicted octanol–water partition coefficient (Wildman–Crippen LogP) is 4.14. The van der Waals surface area contributed by atoms with E-state index in [1.54, 1.807) is 0 Å². The molecule has 3 nitrogen and oxygen atoms in total. The van der Waals surface area contributed by atoms with Gasteiger partial charge in [0.25, 0.3) is 5.91 Å². The van der Waals surface area contributed by atoms with Gasteiger partial charge >= 0.3 is 0 Å². The lowest BCUT2D eigenvalue weighted by atomic mass is 10.1. The molecule has 0 unspecified atom stereocenters. The monoisotopic (exact) mass is 332 g/mol. The molecule has 1 fully saturated rings. The van der Waals surface area contributed by atoms with Crippen molar-refractivity contribution in [3.63, 3.8) is 0 Å². The molecule has 0 atom stereocenters. The van der Waals surface area contributed by atoms with Crippen LogP contribution in [0, 0.1) is 0 Å². The van der Waals surface area contributed by atoms with Crippen molar-refractivity contribution >= 4 is 16.7 Å². The van der Waals surface area contributed by atoms with Gasteiger partial charge in [0.2, 0.25) is 0 Å². The highest BCUT2D eigenvalue weighted by Gasteiger charge is 2.04. The van der Waals surface area contributed by atoms with Crippen LogP contribution >= 0.6 is 0 Å². The molecule has 0 spiro atoms. The van der Waals surface area contributed by atoms with Crippen molar-refractivity contribution in [1.29, 1.82) is 0 Å². The summed E-state index contributed by atoms with van der Waals surface area (Å²) >= 11 is 0. The summed E-state index contributed by atoms with van der Waals surface area (Å²) in [4.78, 5) is 12.0. The van der Waals surface area contributed by atoms with E-state index in [9.17, 15) is 4.79 Å². The Morgan fingerprint density at radius 1 is 0.840 bits per heavy atom. The molecule has 0 aromatic heterocycles. The Morgan fingerprint density at radius 2 is 1.52 bits per heavy atom. The van der Waals surface area contributed by atoms with Gasteiger partial charge in [0, 0.05) is 12.1 Å². The Morgan fingerprint density at radius 3 is 2.20 bits per heavy atom. The normalized spacial score (nSPS) is 13.1. The highest BCUT2D eigenvalue weighted by Crippen LogP contribution is 2.15. The van der Waals surface area contributed by atoms with E-state index in [4.69, 9.17) is 0 Å². The molecular weight excluding hydrogens is 308 g/mol. The van der Waals surface area contributed by atoms with Gasteiger partial charge < -0.3 is 10.6 Å². The maximum atomic E-state index is 12.0. The Bertz CT molecular complexity index is 803. The number of carbonyl (C=O) groups excluding carboxylic acids is 1. The van der Waals surface area contributed by atoms with Crippen molar-refractivity contribution < 1.29 is 4.79 Å². The number of amides is 1. The molecule has 128 valence electrons. The van der Waals surface area contributed by atoms with Gasteiger partial charge in [-0.3, -0.25) is 4.79 Å². The quantitative estimate of drug-likeness (QED) is 0.757. The molecule has 1 saturated heterocycles. The van der Waals surface area contributed by atoms with Crippen LogP contribution in [0.15, 0.2) is 72.8 Å². The molecule has 1 amide bonds. The Kier molecular flexibility index (Phi) is 6.18. The topological polar surface area (TPSA) is 41.1 Å². The van der Waals surface area contributed by atoms with E-state index in [-0.39, 0.29) is 5.91 Å². The molecule has 4 rings (SSSR count). The second-order valence-corrected chi connectivity index (χ2v) is 6.19. The summed E-state index contributed by atoms with van der Waals surface area (Å²) in [5.41, 5.74) is 1.79. The van der Waals surface area contributed by atoms with E-state index in [2.05, 4.69) is 34.9 Å². The van der Waals surface area contributed by atoms with E-state index >= 15 is 0 Å². The number of hydrogen-bond donors (Lipinski definition) is 2. The largest absolute Gasteiger partial charge is 0.348 e. The average Bonchev–Trinajstić information content (AvgIpc) is 3.27. The molecule has 2 N–H and O–H groups in total. The molecule has 1 heterocycles. The van der Waals surface area contributed by atoms with Gasteiger partial charge in [-0.2, -0.15) is 0 Å². The Balaban J connectivity index is 0.000000314. The van der Waals surface area contributed by atoms with Crippen LogP contribution in [0.1, 0.15) is 28.8 Å². The van der Waals surface area contributed by atoms with Crippen molar-refractivity contribution in [1.82, 2.24) is 10.6 Å². The zero-order valence-electron chi connectivity index (χ0n) is 14.4. The zero-order chi connectivity index (χ0) is 17.3. The van der Waals surface area contributed by atoms with Crippen molar-refractivity contribution in [2.75, 3.05) is 13.1 Å². The van der Waals surface area contributed by atoms with Gasteiger partial charge in [-0.1, -0.05) is 54.6 Å². The van der Waals surface area contributed by atoms with E-state index in [1.807, 2.05) is 48.5 Å². The molecule has 0 aliphatic carbocycles. The summed E-state index contributed by atoms with van der Waals surface area (Å²) in [7, 11) is 0. The summed E-state index contributed by atoms with van der Waals surface area (Å²) in [6, 6.07) is 23.7. The van der Waals surface area contributed by atoms with Crippen LogP contribution in [0.4, 0.5) is 0 Å². The minimum Gasteiger partial charge on any atom is -0.348 e. The lowest BCUT2D eigenvalue weighted by Gasteiger charge is -2.06. The smallest absolute Gasteiger partial charge is 0.251 e. The number of benzene rings is 3. The molecule has 0 bridgehead atoms. The molecular formula is C22H24N2O. The maximum Gasteiger partial charge on any atom is 0.251 e. The Labute approximate surface area is 149 Å². The first kappa shape index (κ1) is 17.2. The minimum absolute atomic E-state index is 0.0428. The molecule has 1 aliphatic heterocycles. The van der Waals surface area contributed by atoms with Crippen LogP contribution in [-0.4, -0.2) is 19.0 Å². The van der Waals surface area contributed by atoms with E-state index in [0.29, 0.717) is 12.1 Å². The molecule has 3 heteroatoms. The standard InChI is InChI=1S/C18H15NO.C4H9N/c20-18(16-7-2-1-3-8-16)19-13-14-10-11-15-6-4-5-9-17(15)12-14;1-2-4-5-3-1/h1-12H,13H2,(H,19,20);5H,1-4H2. The van der Waals surface area contributed by atoms with Gasteiger partial charge in [-0.05, 0) is 60.5 Å². The SMILES string of the molecule is C1CCNC1.O=C(NCc1ccc2ccccc2c1)c1ccccc1. The van der Waals surface area contributed by atoms with E-state index in [1.165, 1.54) is 36.7 Å². The lowest BCUT2D eigenvalue weighted by Crippen LogP contribution is -2.22. The second-order valence-electron chi connectivity index (χ2n) is 6.19. The van der Waals surface area contributed by atoms with Crippen LogP contribution in [0.2, 0.25) is 0 Å². The van der Waals surface area contributed by atoms with Gasteiger partial charge in [-0.15, -0.1) is 0 Å². The first-order valence-electron chi connectivity index (χ1n) is 8.84. The van der Waals surface area contributed by atoms with E-state index < -0.39 is 0 Å². The minimum atomic E-state index is -0.0428. The van der Waals surface area contributed by atoms with Crippen molar-refractivity contribution in [2.24, 2.45) is 0 Å². The van der Waals surface area contributed by atoms with E-state index in [0.717, 1.165) is 5.56 Å².